The third-order valence-corrected chi connectivity index (χ3v) is 6.82. The number of aromatic nitrogens is 3. The topological polar surface area (TPSA) is 83.4 Å². The molecule has 2 aromatic heterocycles. The van der Waals surface area contributed by atoms with Crippen LogP contribution in [0.1, 0.15) is 41.9 Å². The Balaban J connectivity index is 1.33. The van der Waals surface area contributed by atoms with Gasteiger partial charge >= 0.3 is 0 Å². The van der Waals surface area contributed by atoms with Crippen molar-refractivity contribution in [2.45, 2.75) is 56.7 Å². The molecule has 4 heterocycles. The van der Waals surface area contributed by atoms with Crippen LogP contribution in [0.15, 0.2) is 24.5 Å². The van der Waals surface area contributed by atoms with E-state index in [1.54, 1.807) is 0 Å². The van der Waals surface area contributed by atoms with E-state index >= 15 is 0 Å². The van der Waals surface area contributed by atoms with Crippen molar-refractivity contribution in [3.63, 3.8) is 0 Å². The molecule has 2 aromatic rings. The van der Waals surface area contributed by atoms with Crippen LogP contribution in [-0.2, 0) is 23.1 Å². The lowest BCUT2D eigenvalue weighted by Crippen LogP contribution is -2.41. The van der Waals surface area contributed by atoms with Crippen LogP contribution in [0.3, 0.4) is 0 Å². The number of aliphatic hydroxyl groups excluding tert-OH is 1. The van der Waals surface area contributed by atoms with Gasteiger partial charge in [0, 0.05) is 29.9 Å². The first-order chi connectivity index (χ1) is 14.1. The molecule has 1 aliphatic carbocycles. The SMILES string of the molecule is Cc1nc(N[C@H]2COC[C@H]2O)c2c(n1)C1(CC2)CCN(Cc2ccncc2)CC1. The van der Waals surface area contributed by atoms with E-state index in [2.05, 4.69) is 32.3 Å². The molecule has 0 radical (unpaired) electrons. The van der Waals surface area contributed by atoms with Gasteiger partial charge in [-0.25, -0.2) is 9.97 Å². The largest absolute Gasteiger partial charge is 0.388 e. The van der Waals surface area contributed by atoms with Crippen LogP contribution in [0.2, 0.25) is 0 Å². The predicted octanol–water partition coefficient (Wildman–Crippen LogP) is 1.83. The number of anilines is 1. The lowest BCUT2D eigenvalue weighted by atomic mass is 9.76. The second kappa shape index (κ2) is 7.63. The number of pyridine rings is 1. The fraction of sp³-hybridized carbons (Fsp3) is 0.591. The van der Waals surface area contributed by atoms with Crippen LogP contribution in [0.25, 0.3) is 0 Å². The van der Waals surface area contributed by atoms with Gasteiger partial charge in [0.2, 0.25) is 0 Å². The Bertz CT molecular complexity index is 867. The molecular weight excluding hydrogens is 366 g/mol. The number of likely N-dealkylation sites (tertiary alicyclic amines) is 1. The molecular formula is C22H29N5O2. The number of nitrogens with zero attached hydrogens (tertiary/aromatic N) is 4. The smallest absolute Gasteiger partial charge is 0.133 e. The van der Waals surface area contributed by atoms with Gasteiger partial charge in [-0.3, -0.25) is 9.88 Å². The first kappa shape index (κ1) is 18.9. The van der Waals surface area contributed by atoms with Crippen LogP contribution in [-0.4, -0.2) is 63.4 Å². The number of fused-ring (bicyclic) bond motifs is 2. The van der Waals surface area contributed by atoms with Gasteiger partial charge in [0.1, 0.15) is 11.6 Å². The summed E-state index contributed by atoms with van der Waals surface area (Å²) in [5, 5.41) is 13.6. The molecule has 7 nitrogen and oxygen atoms in total. The maximum atomic E-state index is 10.1. The minimum absolute atomic E-state index is 0.0906. The van der Waals surface area contributed by atoms with Gasteiger partial charge < -0.3 is 15.2 Å². The van der Waals surface area contributed by atoms with E-state index in [9.17, 15) is 5.11 Å². The van der Waals surface area contributed by atoms with Crippen LogP contribution >= 0.6 is 0 Å². The zero-order chi connectivity index (χ0) is 19.8. The summed E-state index contributed by atoms with van der Waals surface area (Å²) < 4.78 is 5.40. The van der Waals surface area contributed by atoms with Gasteiger partial charge in [-0.15, -0.1) is 0 Å². The van der Waals surface area contributed by atoms with Crippen LogP contribution in [0.5, 0.6) is 0 Å². The third kappa shape index (κ3) is 3.63. The molecule has 7 heteroatoms. The van der Waals surface area contributed by atoms with E-state index in [0.717, 1.165) is 57.0 Å². The molecule has 0 amide bonds. The molecule has 0 bridgehead atoms. The number of aliphatic hydroxyl groups is 1. The van der Waals surface area contributed by atoms with Gasteiger partial charge in [-0.1, -0.05) is 0 Å². The summed E-state index contributed by atoms with van der Waals surface area (Å²) in [4.78, 5) is 16.3. The van der Waals surface area contributed by atoms with Gasteiger partial charge in [-0.05, 0) is 63.4 Å². The van der Waals surface area contributed by atoms with Gasteiger partial charge in [0.15, 0.2) is 0 Å². The highest BCUT2D eigenvalue weighted by Crippen LogP contribution is 2.47. The Kier molecular flexibility index (Phi) is 4.97. The minimum atomic E-state index is -0.479. The molecule has 5 rings (SSSR count). The number of rotatable bonds is 4. The first-order valence-electron chi connectivity index (χ1n) is 10.6. The highest BCUT2D eigenvalue weighted by Gasteiger charge is 2.44. The second-order valence-electron chi connectivity index (χ2n) is 8.71. The fourth-order valence-electron chi connectivity index (χ4n) is 5.10. The zero-order valence-electron chi connectivity index (χ0n) is 17.0. The maximum Gasteiger partial charge on any atom is 0.133 e. The van der Waals surface area contributed by atoms with Gasteiger partial charge in [0.05, 0.1) is 31.1 Å². The van der Waals surface area contributed by atoms with E-state index in [-0.39, 0.29) is 11.5 Å². The maximum absolute atomic E-state index is 10.1. The summed E-state index contributed by atoms with van der Waals surface area (Å²) in [6, 6.07) is 4.11. The third-order valence-electron chi connectivity index (χ3n) is 6.82. The van der Waals surface area contributed by atoms with Crippen molar-refractivity contribution in [3.05, 3.63) is 47.2 Å². The Morgan fingerprint density at radius 2 is 1.97 bits per heavy atom. The van der Waals surface area contributed by atoms with Crippen molar-refractivity contribution in [3.8, 4) is 0 Å². The molecule has 2 atom stereocenters. The molecule has 2 N–H and O–H groups in total. The molecule has 1 spiro atoms. The van der Waals surface area contributed by atoms with Crippen LogP contribution in [0, 0.1) is 6.92 Å². The Labute approximate surface area is 171 Å². The monoisotopic (exact) mass is 395 g/mol. The van der Waals surface area contributed by atoms with Crippen molar-refractivity contribution in [1.82, 2.24) is 19.9 Å². The lowest BCUT2D eigenvalue weighted by Gasteiger charge is -2.39. The summed E-state index contributed by atoms with van der Waals surface area (Å²) in [5.74, 6) is 1.71. The van der Waals surface area contributed by atoms with Crippen LogP contribution < -0.4 is 5.32 Å². The normalized spacial score (nSPS) is 26.0. The Hall–Kier alpha value is -2.09. The molecule has 154 valence electrons. The molecule has 0 aromatic carbocycles. The summed E-state index contributed by atoms with van der Waals surface area (Å²) in [6.07, 6.45) is 7.68. The predicted molar refractivity (Wildman–Crippen MR) is 110 cm³/mol. The standard InChI is InChI=1S/C22H29N5O2/c1-15-24-20-17(21(25-15)26-18-13-29-14-19(18)28)2-5-22(20)6-10-27(11-7-22)12-16-3-8-23-9-4-16/h3-4,8-9,18-19,28H,2,5-7,10-14H2,1H3,(H,24,25,26)/t18-,19+/m0/s1. The van der Waals surface area contributed by atoms with Gasteiger partial charge in [0.25, 0.3) is 0 Å². The highest BCUT2D eigenvalue weighted by atomic mass is 16.5. The number of hydrogen-bond donors (Lipinski definition) is 2. The average molecular weight is 396 g/mol. The van der Waals surface area contributed by atoms with E-state index < -0.39 is 6.10 Å². The number of ether oxygens (including phenoxy) is 1. The number of aryl methyl sites for hydroxylation is 1. The molecule has 2 aliphatic heterocycles. The molecule has 2 saturated heterocycles. The van der Waals surface area contributed by atoms with E-state index in [1.807, 2.05) is 19.3 Å². The van der Waals surface area contributed by atoms with Crippen molar-refractivity contribution < 1.29 is 9.84 Å². The lowest BCUT2D eigenvalue weighted by molar-refractivity contribution is 0.125. The summed E-state index contributed by atoms with van der Waals surface area (Å²) >= 11 is 0. The minimum Gasteiger partial charge on any atom is -0.388 e. The second-order valence-corrected chi connectivity index (χ2v) is 8.71. The molecule has 29 heavy (non-hydrogen) atoms. The quantitative estimate of drug-likeness (QED) is 0.817. The molecule has 0 saturated carbocycles. The van der Waals surface area contributed by atoms with Crippen LogP contribution in [0.4, 0.5) is 5.82 Å². The number of nitrogens with one attached hydrogen (secondary N) is 1. The average Bonchev–Trinajstić information content (AvgIpc) is 3.29. The highest BCUT2D eigenvalue weighted by molar-refractivity contribution is 5.53. The Morgan fingerprint density at radius 3 is 2.69 bits per heavy atom. The summed E-state index contributed by atoms with van der Waals surface area (Å²) in [5.41, 5.74) is 3.98. The molecule has 0 unspecified atom stereocenters. The first-order valence-corrected chi connectivity index (χ1v) is 10.6. The van der Waals surface area contributed by atoms with E-state index in [1.165, 1.54) is 16.8 Å². The van der Waals surface area contributed by atoms with Crippen molar-refractivity contribution in [1.29, 1.82) is 0 Å². The van der Waals surface area contributed by atoms with Crippen molar-refractivity contribution in [2.75, 3.05) is 31.6 Å². The summed E-state index contributed by atoms with van der Waals surface area (Å²) in [7, 11) is 0. The molecule has 3 aliphatic rings. The van der Waals surface area contributed by atoms with E-state index in [0.29, 0.717) is 13.2 Å². The fourth-order valence-corrected chi connectivity index (χ4v) is 5.10. The van der Waals surface area contributed by atoms with Gasteiger partial charge in [-0.2, -0.15) is 0 Å². The number of hydrogen-bond acceptors (Lipinski definition) is 7. The zero-order valence-corrected chi connectivity index (χ0v) is 17.0. The Morgan fingerprint density at radius 1 is 1.17 bits per heavy atom. The van der Waals surface area contributed by atoms with Crippen molar-refractivity contribution >= 4 is 5.82 Å². The van der Waals surface area contributed by atoms with Crippen molar-refractivity contribution in [2.24, 2.45) is 0 Å². The van der Waals surface area contributed by atoms with E-state index in [4.69, 9.17) is 9.72 Å². The number of piperidine rings is 1. The molecule has 2 fully saturated rings. The summed E-state index contributed by atoms with van der Waals surface area (Å²) in [6.45, 7) is 6.04.